The number of halogens is 1. The van der Waals surface area contributed by atoms with E-state index in [9.17, 15) is 14.4 Å². The van der Waals surface area contributed by atoms with Crippen LogP contribution in [-0.4, -0.2) is 58.8 Å². The molecule has 170 valence electrons. The van der Waals surface area contributed by atoms with E-state index in [0.29, 0.717) is 29.3 Å². The first kappa shape index (κ1) is 22.5. The van der Waals surface area contributed by atoms with Crippen LogP contribution < -0.4 is 10.6 Å². The lowest BCUT2D eigenvalue weighted by Crippen LogP contribution is -2.47. The van der Waals surface area contributed by atoms with Gasteiger partial charge < -0.3 is 15.5 Å². The molecular formula is C24H24ClN5O3. The number of pyridine rings is 1. The molecule has 0 unspecified atom stereocenters. The Balaban J connectivity index is 1.48. The average molecular weight is 466 g/mol. The zero-order valence-electron chi connectivity index (χ0n) is 18.0. The molecule has 2 aliphatic heterocycles. The molecule has 2 aromatic rings. The number of nitrogens with one attached hydrogen (secondary N) is 2. The van der Waals surface area contributed by atoms with E-state index in [1.807, 2.05) is 18.2 Å². The van der Waals surface area contributed by atoms with E-state index in [0.717, 1.165) is 11.3 Å². The van der Waals surface area contributed by atoms with Crippen LogP contribution in [0.15, 0.2) is 72.6 Å². The zero-order chi connectivity index (χ0) is 23.4. The van der Waals surface area contributed by atoms with Gasteiger partial charge in [-0.25, -0.2) is 4.79 Å². The highest BCUT2D eigenvalue weighted by Gasteiger charge is 2.44. The lowest BCUT2D eigenvalue weighted by atomic mass is 9.95. The lowest BCUT2D eigenvalue weighted by Gasteiger charge is -2.33. The third-order valence-electron chi connectivity index (χ3n) is 5.58. The number of rotatable bonds is 8. The minimum absolute atomic E-state index is 0.0997. The van der Waals surface area contributed by atoms with Crippen molar-refractivity contribution in [2.45, 2.75) is 12.5 Å². The Morgan fingerprint density at radius 2 is 2.03 bits per heavy atom. The van der Waals surface area contributed by atoms with Crippen molar-refractivity contribution in [2.75, 3.05) is 26.2 Å². The highest BCUT2D eigenvalue weighted by atomic mass is 35.5. The Morgan fingerprint density at radius 3 is 2.73 bits per heavy atom. The Bertz CT molecular complexity index is 1100. The van der Waals surface area contributed by atoms with Gasteiger partial charge in [-0.3, -0.25) is 19.5 Å². The molecule has 4 rings (SSSR count). The second-order valence-corrected chi connectivity index (χ2v) is 8.21. The van der Waals surface area contributed by atoms with Crippen molar-refractivity contribution < 1.29 is 14.4 Å². The van der Waals surface area contributed by atoms with Crippen LogP contribution in [0.3, 0.4) is 0 Å². The molecule has 0 radical (unpaired) electrons. The van der Waals surface area contributed by atoms with Crippen LogP contribution in [0.1, 0.15) is 17.3 Å². The highest BCUT2D eigenvalue weighted by Crippen LogP contribution is 2.36. The molecule has 1 aromatic carbocycles. The van der Waals surface area contributed by atoms with Crippen LogP contribution >= 0.6 is 11.6 Å². The Morgan fingerprint density at radius 1 is 1.24 bits per heavy atom. The molecule has 0 fully saturated rings. The van der Waals surface area contributed by atoms with Crippen molar-refractivity contribution >= 4 is 29.4 Å². The number of amides is 4. The number of urea groups is 1. The zero-order valence-corrected chi connectivity index (χ0v) is 18.7. The molecule has 0 bridgehead atoms. The fourth-order valence-electron chi connectivity index (χ4n) is 4.01. The van der Waals surface area contributed by atoms with E-state index in [1.54, 1.807) is 36.5 Å². The van der Waals surface area contributed by atoms with Crippen LogP contribution in [0.5, 0.6) is 0 Å². The number of carbonyl (C=O) groups excluding carboxylic acids is 3. The summed E-state index contributed by atoms with van der Waals surface area (Å²) < 4.78 is 0. The third kappa shape index (κ3) is 4.90. The summed E-state index contributed by atoms with van der Waals surface area (Å²) in [6, 6.07) is 11.7. The molecule has 2 aliphatic rings. The summed E-state index contributed by atoms with van der Waals surface area (Å²) in [7, 11) is 0. The second kappa shape index (κ2) is 9.87. The van der Waals surface area contributed by atoms with Crippen LogP contribution in [0, 0.1) is 0 Å². The highest BCUT2D eigenvalue weighted by molar-refractivity contribution is 6.30. The summed E-state index contributed by atoms with van der Waals surface area (Å²) in [5.41, 5.74) is 2.67. The summed E-state index contributed by atoms with van der Waals surface area (Å²) in [6.45, 7) is 4.46. The van der Waals surface area contributed by atoms with Gasteiger partial charge in [0.25, 0.3) is 5.91 Å². The average Bonchev–Trinajstić information content (AvgIpc) is 3.12. The third-order valence-corrected chi connectivity index (χ3v) is 5.83. The van der Waals surface area contributed by atoms with Gasteiger partial charge in [0.1, 0.15) is 6.54 Å². The molecule has 1 atom stereocenters. The standard InChI is InChI=1S/C24H24ClN5O3/c1-2-13-30-19-14-29(15-20(31)27-12-10-18-5-3-4-11-26-18)23(32)21(19)22(28-24(30)33)16-6-8-17(25)9-7-16/h2-9,11,22H,1,10,12-15H2,(H,27,31)(H,28,33)/t22-/m0/s1. The molecule has 0 saturated heterocycles. The Hall–Kier alpha value is -3.65. The first-order valence-corrected chi connectivity index (χ1v) is 11.0. The van der Waals surface area contributed by atoms with Crippen LogP contribution in [0.25, 0.3) is 0 Å². The van der Waals surface area contributed by atoms with Crippen molar-refractivity contribution in [3.05, 3.63) is 88.9 Å². The van der Waals surface area contributed by atoms with E-state index >= 15 is 0 Å². The number of carbonyl (C=O) groups is 3. The van der Waals surface area contributed by atoms with Gasteiger partial charge in [0, 0.05) is 36.4 Å². The topological polar surface area (TPSA) is 94.6 Å². The van der Waals surface area contributed by atoms with Crippen molar-refractivity contribution in [1.29, 1.82) is 0 Å². The van der Waals surface area contributed by atoms with Gasteiger partial charge >= 0.3 is 6.03 Å². The van der Waals surface area contributed by atoms with E-state index in [4.69, 9.17) is 11.6 Å². The molecule has 0 saturated carbocycles. The molecule has 0 spiro atoms. The fraction of sp³-hybridized carbons (Fsp3) is 0.250. The maximum Gasteiger partial charge on any atom is 0.322 e. The Labute approximate surface area is 196 Å². The molecule has 9 heteroatoms. The number of hydrogen-bond acceptors (Lipinski definition) is 4. The van der Waals surface area contributed by atoms with E-state index in [-0.39, 0.29) is 37.5 Å². The first-order valence-electron chi connectivity index (χ1n) is 10.6. The van der Waals surface area contributed by atoms with Gasteiger partial charge in [0.05, 0.1) is 23.9 Å². The van der Waals surface area contributed by atoms with Crippen molar-refractivity contribution in [1.82, 2.24) is 25.4 Å². The normalized spacial score (nSPS) is 17.7. The number of nitrogens with zero attached hydrogens (tertiary/aromatic N) is 3. The first-order chi connectivity index (χ1) is 16.0. The molecule has 3 heterocycles. The number of aromatic nitrogens is 1. The number of hydrogen-bond donors (Lipinski definition) is 2. The molecule has 33 heavy (non-hydrogen) atoms. The maximum atomic E-state index is 13.3. The van der Waals surface area contributed by atoms with Crippen LogP contribution in [-0.2, 0) is 16.0 Å². The summed E-state index contributed by atoms with van der Waals surface area (Å²) in [5.74, 6) is -0.546. The molecule has 0 aliphatic carbocycles. The molecular weight excluding hydrogens is 442 g/mol. The molecule has 8 nitrogen and oxygen atoms in total. The van der Waals surface area contributed by atoms with E-state index in [1.165, 1.54) is 9.80 Å². The van der Waals surface area contributed by atoms with Gasteiger partial charge in [0.15, 0.2) is 0 Å². The maximum absolute atomic E-state index is 13.3. The summed E-state index contributed by atoms with van der Waals surface area (Å²) in [4.78, 5) is 45.8. The lowest BCUT2D eigenvalue weighted by molar-refractivity contribution is -0.131. The van der Waals surface area contributed by atoms with Gasteiger partial charge in [-0.05, 0) is 29.8 Å². The SMILES string of the molecule is C=CCN1C(=O)N[C@@H](c2ccc(Cl)cc2)C2=C1CN(CC(=O)NCCc1ccccn1)C2=O. The molecule has 2 N–H and O–H groups in total. The molecule has 1 aromatic heterocycles. The minimum atomic E-state index is -0.615. The summed E-state index contributed by atoms with van der Waals surface area (Å²) in [5, 5.41) is 6.29. The van der Waals surface area contributed by atoms with E-state index in [2.05, 4.69) is 22.2 Å². The predicted molar refractivity (Wildman–Crippen MR) is 124 cm³/mol. The monoisotopic (exact) mass is 465 g/mol. The van der Waals surface area contributed by atoms with Gasteiger partial charge in [0.2, 0.25) is 5.91 Å². The summed E-state index contributed by atoms with van der Waals surface area (Å²) in [6.07, 6.45) is 3.90. The second-order valence-electron chi connectivity index (χ2n) is 7.78. The van der Waals surface area contributed by atoms with E-state index < -0.39 is 6.04 Å². The Kier molecular flexibility index (Phi) is 6.74. The van der Waals surface area contributed by atoms with Crippen molar-refractivity contribution in [2.24, 2.45) is 0 Å². The molecule has 4 amide bonds. The quantitative estimate of drug-likeness (QED) is 0.585. The minimum Gasteiger partial charge on any atom is -0.354 e. The van der Waals surface area contributed by atoms with Gasteiger partial charge in [-0.15, -0.1) is 6.58 Å². The number of benzene rings is 1. The van der Waals surface area contributed by atoms with Gasteiger partial charge in [-0.2, -0.15) is 0 Å². The fourth-order valence-corrected chi connectivity index (χ4v) is 4.13. The van der Waals surface area contributed by atoms with Gasteiger partial charge in [-0.1, -0.05) is 35.9 Å². The smallest absolute Gasteiger partial charge is 0.322 e. The predicted octanol–water partition coefficient (Wildman–Crippen LogP) is 2.44. The largest absolute Gasteiger partial charge is 0.354 e. The van der Waals surface area contributed by atoms with Crippen LogP contribution in [0.2, 0.25) is 5.02 Å². The summed E-state index contributed by atoms with van der Waals surface area (Å²) >= 11 is 6.00. The van der Waals surface area contributed by atoms with Crippen LogP contribution in [0.4, 0.5) is 4.79 Å². The van der Waals surface area contributed by atoms with Crippen molar-refractivity contribution in [3.8, 4) is 0 Å². The van der Waals surface area contributed by atoms with Crippen molar-refractivity contribution in [3.63, 3.8) is 0 Å².